The highest BCUT2D eigenvalue weighted by Gasteiger charge is 2.22. The fraction of sp³-hybridized carbons (Fsp3) is 0.312. The fourth-order valence-electron chi connectivity index (χ4n) is 2.73. The normalized spacial score (nSPS) is 15.2. The summed E-state index contributed by atoms with van der Waals surface area (Å²) in [6.45, 7) is 2.61. The van der Waals surface area contributed by atoms with E-state index in [-0.39, 0.29) is 11.7 Å². The van der Waals surface area contributed by atoms with Gasteiger partial charge in [0.15, 0.2) is 5.82 Å². The van der Waals surface area contributed by atoms with Crippen molar-refractivity contribution in [2.24, 2.45) is 0 Å². The summed E-state index contributed by atoms with van der Waals surface area (Å²) in [6, 6.07) is 7.00. The standard InChI is InChI=1S/C16H17Cl2N5O/c17-12-4-1-3-11(9-12)16(24)23-6-2-5-22(7-8-23)15-13(18)14(19)20-10-21-15/h1,3-4,9-10H,2,5-8H2,(H2,19,20,21). The maximum Gasteiger partial charge on any atom is 0.253 e. The summed E-state index contributed by atoms with van der Waals surface area (Å²) in [5, 5.41) is 0.910. The second-order valence-corrected chi connectivity index (χ2v) is 6.35. The van der Waals surface area contributed by atoms with Gasteiger partial charge in [0.1, 0.15) is 17.2 Å². The minimum Gasteiger partial charge on any atom is -0.382 e. The van der Waals surface area contributed by atoms with Gasteiger partial charge in [-0.15, -0.1) is 0 Å². The zero-order valence-electron chi connectivity index (χ0n) is 13.0. The van der Waals surface area contributed by atoms with E-state index in [0.29, 0.717) is 41.1 Å². The minimum atomic E-state index is -0.0207. The summed E-state index contributed by atoms with van der Waals surface area (Å²) in [5.41, 5.74) is 6.34. The lowest BCUT2D eigenvalue weighted by atomic mass is 10.2. The number of halogens is 2. The van der Waals surface area contributed by atoms with Crippen LogP contribution in [0.3, 0.4) is 0 Å². The van der Waals surface area contributed by atoms with Crippen LogP contribution in [0.1, 0.15) is 16.8 Å². The van der Waals surface area contributed by atoms with Crippen LogP contribution in [-0.4, -0.2) is 47.0 Å². The predicted octanol–water partition coefficient (Wildman–Crippen LogP) is 2.72. The highest BCUT2D eigenvalue weighted by atomic mass is 35.5. The van der Waals surface area contributed by atoms with Gasteiger partial charge in [-0.25, -0.2) is 9.97 Å². The van der Waals surface area contributed by atoms with E-state index < -0.39 is 0 Å². The minimum absolute atomic E-state index is 0.0207. The molecule has 0 spiro atoms. The number of amides is 1. The molecule has 1 aromatic carbocycles. The van der Waals surface area contributed by atoms with Gasteiger partial charge in [0.25, 0.3) is 5.91 Å². The fourth-order valence-corrected chi connectivity index (χ4v) is 3.14. The molecule has 2 aromatic rings. The van der Waals surface area contributed by atoms with Crippen molar-refractivity contribution in [3.63, 3.8) is 0 Å². The summed E-state index contributed by atoms with van der Waals surface area (Å²) >= 11 is 12.2. The third kappa shape index (κ3) is 3.55. The summed E-state index contributed by atoms with van der Waals surface area (Å²) in [5.74, 6) is 0.853. The number of anilines is 2. The molecule has 1 fully saturated rings. The SMILES string of the molecule is Nc1ncnc(N2CCCN(C(=O)c3cccc(Cl)c3)CC2)c1Cl. The molecule has 0 unspecified atom stereocenters. The van der Waals surface area contributed by atoms with Crippen LogP contribution in [0, 0.1) is 0 Å². The first-order chi connectivity index (χ1) is 11.6. The molecule has 0 radical (unpaired) electrons. The molecule has 0 saturated carbocycles. The van der Waals surface area contributed by atoms with Gasteiger partial charge in [0, 0.05) is 36.8 Å². The van der Waals surface area contributed by atoms with Crippen LogP contribution in [-0.2, 0) is 0 Å². The highest BCUT2D eigenvalue weighted by molar-refractivity contribution is 6.35. The molecule has 6 nitrogen and oxygen atoms in total. The van der Waals surface area contributed by atoms with Crippen LogP contribution >= 0.6 is 23.2 Å². The van der Waals surface area contributed by atoms with Crippen LogP contribution in [0.2, 0.25) is 10.0 Å². The number of benzene rings is 1. The molecule has 3 rings (SSSR count). The largest absolute Gasteiger partial charge is 0.382 e. The Morgan fingerprint density at radius 1 is 1.12 bits per heavy atom. The Kier molecular flexibility index (Phi) is 5.06. The monoisotopic (exact) mass is 365 g/mol. The van der Waals surface area contributed by atoms with Gasteiger partial charge >= 0.3 is 0 Å². The Labute approximate surface area is 150 Å². The molecule has 1 aliphatic heterocycles. The molecule has 24 heavy (non-hydrogen) atoms. The van der Waals surface area contributed by atoms with Gasteiger partial charge in [-0.05, 0) is 24.6 Å². The average molecular weight is 366 g/mol. The summed E-state index contributed by atoms with van der Waals surface area (Å²) < 4.78 is 0. The van der Waals surface area contributed by atoms with Gasteiger partial charge in [0.2, 0.25) is 0 Å². The molecular weight excluding hydrogens is 349 g/mol. The van der Waals surface area contributed by atoms with Gasteiger partial charge in [0.05, 0.1) is 0 Å². The maximum atomic E-state index is 12.6. The van der Waals surface area contributed by atoms with Crippen molar-refractivity contribution >= 4 is 40.7 Å². The lowest BCUT2D eigenvalue weighted by Gasteiger charge is -2.23. The molecule has 2 heterocycles. The van der Waals surface area contributed by atoms with E-state index in [4.69, 9.17) is 28.9 Å². The van der Waals surface area contributed by atoms with Gasteiger partial charge in [-0.2, -0.15) is 0 Å². The van der Waals surface area contributed by atoms with E-state index in [9.17, 15) is 4.79 Å². The molecule has 1 aromatic heterocycles. The third-order valence-electron chi connectivity index (χ3n) is 3.95. The number of nitrogens with two attached hydrogens (primary N) is 1. The van der Waals surface area contributed by atoms with Gasteiger partial charge in [-0.1, -0.05) is 29.3 Å². The zero-order valence-corrected chi connectivity index (χ0v) is 14.5. The summed E-state index contributed by atoms with van der Waals surface area (Å²) in [7, 11) is 0. The van der Waals surface area contributed by atoms with Crippen LogP contribution in [0.25, 0.3) is 0 Å². The number of aromatic nitrogens is 2. The number of rotatable bonds is 2. The maximum absolute atomic E-state index is 12.6. The Balaban J connectivity index is 1.73. The molecule has 2 N–H and O–H groups in total. The second-order valence-electron chi connectivity index (χ2n) is 5.54. The second kappa shape index (κ2) is 7.23. The molecule has 0 aliphatic carbocycles. The van der Waals surface area contributed by atoms with E-state index in [1.807, 2.05) is 9.80 Å². The molecule has 0 bridgehead atoms. The third-order valence-corrected chi connectivity index (χ3v) is 4.55. The van der Waals surface area contributed by atoms with E-state index in [2.05, 4.69) is 9.97 Å². The zero-order chi connectivity index (χ0) is 17.1. The van der Waals surface area contributed by atoms with Gasteiger partial charge in [-0.3, -0.25) is 4.79 Å². The molecule has 8 heteroatoms. The van der Waals surface area contributed by atoms with Crippen LogP contribution < -0.4 is 10.6 Å². The van der Waals surface area contributed by atoms with E-state index in [1.54, 1.807) is 24.3 Å². The Bertz CT molecular complexity index is 755. The summed E-state index contributed by atoms with van der Waals surface area (Å²) in [4.78, 5) is 24.6. The van der Waals surface area contributed by atoms with Crippen molar-refractivity contribution in [1.29, 1.82) is 0 Å². The van der Waals surface area contributed by atoms with Crippen LogP contribution in [0.4, 0.5) is 11.6 Å². The smallest absolute Gasteiger partial charge is 0.253 e. The Morgan fingerprint density at radius 2 is 1.96 bits per heavy atom. The van der Waals surface area contributed by atoms with Crippen molar-refractivity contribution in [1.82, 2.24) is 14.9 Å². The topological polar surface area (TPSA) is 75.3 Å². The Morgan fingerprint density at radius 3 is 2.75 bits per heavy atom. The van der Waals surface area contributed by atoms with Crippen LogP contribution in [0.15, 0.2) is 30.6 Å². The number of nitrogens with zero attached hydrogens (tertiary/aromatic N) is 4. The number of carbonyl (C=O) groups excluding carboxylic acids is 1. The van der Waals surface area contributed by atoms with Crippen molar-refractivity contribution in [2.75, 3.05) is 36.8 Å². The average Bonchev–Trinajstić information content (AvgIpc) is 2.83. The first kappa shape index (κ1) is 16.8. The molecule has 1 aliphatic rings. The lowest BCUT2D eigenvalue weighted by Crippen LogP contribution is -2.35. The number of carbonyl (C=O) groups is 1. The molecule has 126 valence electrons. The lowest BCUT2D eigenvalue weighted by molar-refractivity contribution is 0.0767. The number of nitrogen functional groups attached to an aromatic ring is 1. The van der Waals surface area contributed by atoms with Crippen LogP contribution in [0.5, 0.6) is 0 Å². The van der Waals surface area contributed by atoms with E-state index >= 15 is 0 Å². The number of hydrogen-bond acceptors (Lipinski definition) is 5. The molecular formula is C16H17Cl2N5O. The number of hydrogen-bond donors (Lipinski definition) is 1. The Hall–Kier alpha value is -2.05. The molecule has 0 atom stereocenters. The first-order valence-electron chi connectivity index (χ1n) is 7.62. The summed E-state index contributed by atoms with van der Waals surface area (Å²) in [6.07, 6.45) is 2.21. The first-order valence-corrected chi connectivity index (χ1v) is 8.37. The highest BCUT2D eigenvalue weighted by Crippen LogP contribution is 2.27. The van der Waals surface area contributed by atoms with Gasteiger partial charge < -0.3 is 15.5 Å². The molecule has 1 saturated heterocycles. The predicted molar refractivity (Wildman–Crippen MR) is 95.6 cm³/mol. The van der Waals surface area contributed by atoms with Crippen molar-refractivity contribution in [3.05, 3.63) is 46.2 Å². The quantitative estimate of drug-likeness (QED) is 0.885. The molecule has 1 amide bonds. The van der Waals surface area contributed by atoms with Crippen molar-refractivity contribution < 1.29 is 4.79 Å². The van der Waals surface area contributed by atoms with E-state index in [1.165, 1.54) is 6.33 Å². The van der Waals surface area contributed by atoms with E-state index in [0.717, 1.165) is 13.0 Å². The van der Waals surface area contributed by atoms with Crippen molar-refractivity contribution in [3.8, 4) is 0 Å². The van der Waals surface area contributed by atoms with Crippen molar-refractivity contribution in [2.45, 2.75) is 6.42 Å².